The number of rotatable bonds is 3. The third-order valence-electron chi connectivity index (χ3n) is 3.23. The van der Waals surface area contributed by atoms with Crippen LogP contribution < -0.4 is 5.32 Å². The summed E-state index contributed by atoms with van der Waals surface area (Å²) in [7, 11) is 0. The highest BCUT2D eigenvalue weighted by atomic mass is 35.5. The van der Waals surface area contributed by atoms with E-state index < -0.39 is 0 Å². The van der Waals surface area contributed by atoms with Crippen LogP contribution in [0.1, 0.15) is 36.0 Å². The van der Waals surface area contributed by atoms with Crippen molar-refractivity contribution in [1.82, 2.24) is 5.32 Å². The third-order valence-corrected chi connectivity index (χ3v) is 5.15. The minimum atomic E-state index is -0.142. The molecule has 2 nitrogen and oxygen atoms in total. The number of alkyl halides is 1. The van der Waals surface area contributed by atoms with Crippen LogP contribution in [-0.4, -0.2) is 17.8 Å². The smallest absolute Gasteiger partial charge is 0.253 e. The molecule has 1 aromatic heterocycles. The Morgan fingerprint density at radius 2 is 2.00 bits per heavy atom. The summed E-state index contributed by atoms with van der Waals surface area (Å²) in [4.78, 5) is 11.9. The molecule has 1 amide bonds. The van der Waals surface area contributed by atoms with E-state index >= 15 is 0 Å². The first-order valence-electron chi connectivity index (χ1n) is 5.93. The van der Waals surface area contributed by atoms with Crippen LogP contribution in [0.4, 0.5) is 0 Å². The lowest BCUT2D eigenvalue weighted by Crippen LogP contribution is -2.31. The van der Waals surface area contributed by atoms with Gasteiger partial charge in [-0.3, -0.25) is 4.79 Å². The zero-order valence-corrected chi connectivity index (χ0v) is 12.8. The Labute approximate surface area is 126 Å². The molecular formula is C12H14Cl3NOS. The molecule has 1 N–H and O–H groups in total. The second kappa shape index (κ2) is 6.47. The second-order valence-electron chi connectivity index (χ2n) is 4.57. The molecule has 1 heterocycles. The Morgan fingerprint density at radius 1 is 1.33 bits per heavy atom. The zero-order chi connectivity index (χ0) is 13.1. The van der Waals surface area contributed by atoms with Gasteiger partial charge in [0.15, 0.2) is 0 Å². The van der Waals surface area contributed by atoms with Gasteiger partial charge < -0.3 is 5.32 Å². The molecule has 0 unspecified atom stereocenters. The Balaban J connectivity index is 1.83. The lowest BCUT2D eigenvalue weighted by molar-refractivity contribution is 0.0944. The number of thiophene rings is 1. The van der Waals surface area contributed by atoms with Crippen molar-refractivity contribution in [3.8, 4) is 0 Å². The monoisotopic (exact) mass is 325 g/mol. The number of carbonyl (C=O) groups excluding carboxylic acids is 1. The van der Waals surface area contributed by atoms with Gasteiger partial charge in [-0.1, -0.05) is 23.2 Å². The average molecular weight is 327 g/mol. The fourth-order valence-electron chi connectivity index (χ4n) is 2.15. The molecular weight excluding hydrogens is 313 g/mol. The molecule has 0 radical (unpaired) electrons. The van der Waals surface area contributed by atoms with E-state index in [1.807, 2.05) is 0 Å². The molecule has 0 atom stereocenters. The predicted molar refractivity (Wildman–Crippen MR) is 78.3 cm³/mol. The molecule has 0 aliphatic heterocycles. The quantitative estimate of drug-likeness (QED) is 0.809. The Morgan fingerprint density at radius 3 is 2.56 bits per heavy atom. The summed E-state index contributed by atoms with van der Waals surface area (Å²) >= 11 is 19.0. The molecule has 0 saturated heterocycles. The van der Waals surface area contributed by atoms with Gasteiger partial charge in [0, 0.05) is 11.9 Å². The van der Waals surface area contributed by atoms with E-state index in [4.69, 9.17) is 34.8 Å². The summed E-state index contributed by atoms with van der Waals surface area (Å²) in [5.74, 6) is 0.382. The van der Waals surface area contributed by atoms with E-state index in [1.165, 1.54) is 11.3 Å². The minimum absolute atomic E-state index is 0.142. The summed E-state index contributed by atoms with van der Waals surface area (Å²) in [5, 5.41) is 3.23. The Hall–Kier alpha value is 0.0400. The SMILES string of the molecule is O=C(NCC1CCC(Cl)CC1)c1cc(Cl)sc1Cl. The number of carbonyl (C=O) groups is 1. The number of hydrogen-bond donors (Lipinski definition) is 1. The summed E-state index contributed by atoms with van der Waals surface area (Å²) in [6, 6.07) is 1.61. The summed E-state index contributed by atoms with van der Waals surface area (Å²) in [6.45, 7) is 0.687. The van der Waals surface area contributed by atoms with Crippen LogP contribution in [0.3, 0.4) is 0 Å². The molecule has 100 valence electrons. The average Bonchev–Trinajstić information content (AvgIpc) is 2.67. The third kappa shape index (κ3) is 3.77. The first kappa shape index (κ1) is 14.4. The lowest BCUT2D eigenvalue weighted by atomic mass is 9.89. The topological polar surface area (TPSA) is 29.1 Å². The molecule has 1 aliphatic rings. The molecule has 0 aromatic carbocycles. The molecule has 1 aromatic rings. The first-order chi connectivity index (χ1) is 8.56. The van der Waals surface area contributed by atoms with Gasteiger partial charge in [0.25, 0.3) is 5.91 Å². The van der Waals surface area contributed by atoms with E-state index in [1.54, 1.807) is 6.07 Å². The molecule has 0 bridgehead atoms. The van der Waals surface area contributed by atoms with Crippen LogP contribution in [-0.2, 0) is 0 Å². The van der Waals surface area contributed by atoms with E-state index in [9.17, 15) is 4.79 Å². The van der Waals surface area contributed by atoms with Gasteiger partial charge in [0.05, 0.1) is 9.90 Å². The standard InChI is InChI=1S/C12H14Cl3NOS/c13-8-3-1-7(2-4-8)6-16-12(17)9-5-10(14)18-11(9)15/h5,7-8H,1-4,6H2,(H,16,17). The second-order valence-corrected chi connectivity index (χ2v) is 7.47. The summed E-state index contributed by atoms with van der Waals surface area (Å²) in [5.41, 5.74) is 0.470. The fraction of sp³-hybridized carbons (Fsp3) is 0.583. The number of halogens is 3. The molecule has 6 heteroatoms. The molecule has 1 saturated carbocycles. The first-order valence-corrected chi connectivity index (χ1v) is 7.94. The van der Waals surface area contributed by atoms with Crippen LogP contribution in [0, 0.1) is 5.92 Å². The minimum Gasteiger partial charge on any atom is -0.352 e. The van der Waals surface area contributed by atoms with Gasteiger partial charge in [0.1, 0.15) is 4.34 Å². The number of hydrogen-bond acceptors (Lipinski definition) is 2. The van der Waals surface area contributed by atoms with Crippen LogP contribution in [0.5, 0.6) is 0 Å². The van der Waals surface area contributed by atoms with Gasteiger partial charge in [-0.05, 0) is 37.7 Å². The molecule has 1 aliphatic carbocycles. The van der Waals surface area contributed by atoms with Crippen molar-refractivity contribution in [2.75, 3.05) is 6.54 Å². The highest BCUT2D eigenvalue weighted by molar-refractivity contribution is 7.20. The van der Waals surface area contributed by atoms with E-state index in [0.717, 1.165) is 25.7 Å². The van der Waals surface area contributed by atoms with E-state index in [0.29, 0.717) is 32.1 Å². The van der Waals surface area contributed by atoms with Crippen molar-refractivity contribution in [2.24, 2.45) is 5.92 Å². The van der Waals surface area contributed by atoms with Crippen molar-refractivity contribution in [3.05, 3.63) is 20.3 Å². The van der Waals surface area contributed by atoms with Crippen LogP contribution in [0.15, 0.2) is 6.07 Å². The fourth-order valence-corrected chi connectivity index (χ4v) is 3.86. The van der Waals surface area contributed by atoms with Crippen LogP contribution in [0.2, 0.25) is 8.67 Å². The van der Waals surface area contributed by atoms with Crippen molar-refractivity contribution < 1.29 is 4.79 Å². The molecule has 18 heavy (non-hydrogen) atoms. The van der Waals surface area contributed by atoms with Crippen molar-refractivity contribution in [2.45, 2.75) is 31.1 Å². The van der Waals surface area contributed by atoms with Crippen molar-refractivity contribution in [3.63, 3.8) is 0 Å². The maximum atomic E-state index is 11.9. The van der Waals surface area contributed by atoms with Gasteiger partial charge in [-0.25, -0.2) is 0 Å². The van der Waals surface area contributed by atoms with Crippen molar-refractivity contribution >= 4 is 52.0 Å². The largest absolute Gasteiger partial charge is 0.352 e. The van der Waals surface area contributed by atoms with Gasteiger partial charge in [-0.15, -0.1) is 22.9 Å². The maximum Gasteiger partial charge on any atom is 0.253 e. The number of amides is 1. The normalized spacial score (nSPS) is 23.9. The maximum absolute atomic E-state index is 11.9. The molecule has 0 spiro atoms. The van der Waals surface area contributed by atoms with Gasteiger partial charge >= 0.3 is 0 Å². The molecule has 1 fully saturated rings. The van der Waals surface area contributed by atoms with E-state index in [-0.39, 0.29) is 5.91 Å². The predicted octanol–water partition coefficient (Wildman–Crippen LogP) is 4.58. The summed E-state index contributed by atoms with van der Waals surface area (Å²) in [6.07, 6.45) is 4.22. The Bertz CT molecular complexity index is 427. The highest BCUT2D eigenvalue weighted by Crippen LogP contribution is 2.31. The summed E-state index contributed by atoms with van der Waals surface area (Å²) < 4.78 is 0.981. The molecule has 2 rings (SSSR count). The van der Waals surface area contributed by atoms with Crippen molar-refractivity contribution in [1.29, 1.82) is 0 Å². The highest BCUT2D eigenvalue weighted by Gasteiger charge is 2.21. The Kier molecular flexibility index (Phi) is 5.19. The number of nitrogens with one attached hydrogen (secondary N) is 1. The zero-order valence-electron chi connectivity index (χ0n) is 9.72. The lowest BCUT2D eigenvalue weighted by Gasteiger charge is -2.24. The van der Waals surface area contributed by atoms with E-state index in [2.05, 4.69) is 5.32 Å². The van der Waals surface area contributed by atoms with Gasteiger partial charge in [-0.2, -0.15) is 0 Å². The van der Waals surface area contributed by atoms with Crippen LogP contribution >= 0.6 is 46.1 Å². The van der Waals surface area contributed by atoms with Crippen LogP contribution in [0.25, 0.3) is 0 Å². The van der Waals surface area contributed by atoms with Gasteiger partial charge in [0.2, 0.25) is 0 Å².